The second-order valence-corrected chi connectivity index (χ2v) is 8.95. The van der Waals surface area contributed by atoms with Crippen LogP contribution in [0.4, 0.5) is 27.8 Å². The number of carbonyl (C=O) groups is 2. The molecule has 0 aliphatic rings. The van der Waals surface area contributed by atoms with Gasteiger partial charge in [-0.3, -0.25) is 4.79 Å². The molecule has 0 fully saturated rings. The van der Waals surface area contributed by atoms with E-state index in [2.05, 4.69) is 38.9 Å². The molecule has 2 amide bonds. The molecule has 2 heterocycles. The molecular formula is C28H31N7O4. The molecular weight excluding hydrogens is 498 g/mol. The molecule has 2 aromatic carbocycles. The van der Waals surface area contributed by atoms with E-state index < -0.39 is 12.0 Å². The van der Waals surface area contributed by atoms with Gasteiger partial charge in [-0.1, -0.05) is 24.8 Å². The summed E-state index contributed by atoms with van der Waals surface area (Å²) in [6.45, 7) is 4.18. The molecule has 0 aliphatic heterocycles. The van der Waals surface area contributed by atoms with Gasteiger partial charge in [0.25, 0.3) is 0 Å². The number of ether oxygens (including phenoxy) is 1. The summed E-state index contributed by atoms with van der Waals surface area (Å²) in [5, 5.41) is 16.3. The number of methoxy groups -OCH3 is 1. The maximum Gasteiger partial charge on any atom is 0.407 e. The van der Waals surface area contributed by atoms with Crippen LogP contribution in [0.3, 0.4) is 0 Å². The van der Waals surface area contributed by atoms with Crippen LogP contribution in [0.25, 0.3) is 22.2 Å². The molecule has 0 radical (unpaired) electrons. The largest absolute Gasteiger partial charge is 0.494 e. The fraction of sp³-hybridized carbons (Fsp3) is 0.214. The zero-order valence-corrected chi connectivity index (χ0v) is 22.3. The summed E-state index contributed by atoms with van der Waals surface area (Å²) in [5.41, 5.74) is 4.48. The van der Waals surface area contributed by atoms with Crippen molar-refractivity contribution in [1.29, 1.82) is 0 Å². The van der Waals surface area contributed by atoms with Gasteiger partial charge in [-0.15, -0.1) is 0 Å². The smallest absolute Gasteiger partial charge is 0.407 e. The molecule has 11 heteroatoms. The average molecular weight is 530 g/mol. The maximum atomic E-state index is 12.2. The number of nitrogens with zero attached hydrogens (tertiary/aromatic N) is 5. The van der Waals surface area contributed by atoms with Crippen LogP contribution in [0.1, 0.15) is 0 Å². The first-order valence-electron chi connectivity index (χ1n) is 12.2. The molecule has 0 spiro atoms. The van der Waals surface area contributed by atoms with E-state index in [0.29, 0.717) is 35.3 Å². The summed E-state index contributed by atoms with van der Waals surface area (Å²) >= 11 is 0. The molecule has 0 aliphatic carbocycles. The highest BCUT2D eigenvalue weighted by molar-refractivity contribution is 6.02. The van der Waals surface area contributed by atoms with E-state index in [9.17, 15) is 14.7 Å². The van der Waals surface area contributed by atoms with Gasteiger partial charge in [0.15, 0.2) is 0 Å². The van der Waals surface area contributed by atoms with Gasteiger partial charge in [-0.25, -0.2) is 14.8 Å². The van der Waals surface area contributed by atoms with Crippen LogP contribution in [0.15, 0.2) is 67.5 Å². The zero-order valence-electron chi connectivity index (χ0n) is 22.3. The maximum absolute atomic E-state index is 12.2. The van der Waals surface area contributed by atoms with E-state index in [4.69, 9.17) is 9.72 Å². The third-order valence-electron chi connectivity index (χ3n) is 6.34. The van der Waals surface area contributed by atoms with Crippen LogP contribution in [0.5, 0.6) is 5.75 Å². The third kappa shape index (κ3) is 5.93. The van der Waals surface area contributed by atoms with Crippen LogP contribution in [-0.4, -0.2) is 70.8 Å². The molecule has 0 atom stereocenters. The third-order valence-corrected chi connectivity index (χ3v) is 6.34. The Morgan fingerprint density at radius 1 is 1.15 bits per heavy atom. The number of carboxylic acid groups (broad SMARTS) is 1. The second kappa shape index (κ2) is 11.5. The number of benzene rings is 2. The second-order valence-electron chi connectivity index (χ2n) is 8.95. The SMILES string of the molecule is C=CC(=O)Nc1cc(Nc2nccc(-c3cn(C)c4ccccc34)n2)c(OC)cc1N(C)CCN(C)C(=O)O. The molecule has 0 unspecified atom stereocenters. The summed E-state index contributed by atoms with van der Waals surface area (Å²) in [4.78, 5) is 35.6. The number of aryl methyl sites for hydroxylation is 1. The van der Waals surface area contributed by atoms with Gasteiger partial charge in [0.1, 0.15) is 5.75 Å². The van der Waals surface area contributed by atoms with Crippen LogP contribution >= 0.6 is 0 Å². The number of nitrogens with one attached hydrogen (secondary N) is 2. The normalized spacial score (nSPS) is 10.7. The minimum absolute atomic E-state index is 0.262. The zero-order chi connectivity index (χ0) is 28.1. The summed E-state index contributed by atoms with van der Waals surface area (Å²) in [6, 6.07) is 13.4. The Hall–Kier alpha value is -5.06. The van der Waals surface area contributed by atoms with Crippen molar-refractivity contribution in [3.05, 3.63) is 67.5 Å². The summed E-state index contributed by atoms with van der Waals surface area (Å²) in [7, 11) is 6.83. The molecule has 4 rings (SSSR count). The fourth-order valence-corrected chi connectivity index (χ4v) is 4.19. The Balaban J connectivity index is 1.68. The Bertz CT molecular complexity index is 1530. The van der Waals surface area contributed by atoms with Crippen LogP contribution in [-0.2, 0) is 11.8 Å². The van der Waals surface area contributed by atoms with E-state index in [-0.39, 0.29) is 6.54 Å². The van der Waals surface area contributed by atoms with E-state index in [1.54, 1.807) is 25.4 Å². The summed E-state index contributed by atoms with van der Waals surface area (Å²) in [5.74, 6) is 0.445. The van der Waals surface area contributed by atoms with Gasteiger partial charge in [-0.2, -0.15) is 0 Å². The van der Waals surface area contributed by atoms with Crippen molar-refractivity contribution < 1.29 is 19.4 Å². The first-order valence-corrected chi connectivity index (χ1v) is 12.2. The van der Waals surface area contributed by atoms with Gasteiger partial charge in [-0.05, 0) is 24.3 Å². The Kier molecular flexibility index (Phi) is 7.99. The number of fused-ring (bicyclic) bond motifs is 1. The number of aromatic nitrogens is 3. The molecule has 4 aromatic rings. The van der Waals surface area contributed by atoms with Crippen molar-refractivity contribution in [2.24, 2.45) is 7.05 Å². The van der Waals surface area contributed by atoms with Crippen LogP contribution in [0.2, 0.25) is 0 Å². The number of hydrogen-bond acceptors (Lipinski definition) is 7. The molecule has 202 valence electrons. The van der Waals surface area contributed by atoms with Gasteiger partial charge in [0.05, 0.1) is 29.9 Å². The van der Waals surface area contributed by atoms with Crippen molar-refractivity contribution in [3.63, 3.8) is 0 Å². The minimum atomic E-state index is -1.02. The quantitative estimate of drug-likeness (QED) is 0.256. The molecule has 3 N–H and O–H groups in total. The highest BCUT2D eigenvalue weighted by Crippen LogP contribution is 2.38. The van der Waals surface area contributed by atoms with Crippen molar-refractivity contribution in [2.75, 3.05) is 49.8 Å². The number of carbonyl (C=O) groups excluding carboxylic acids is 1. The van der Waals surface area contributed by atoms with E-state index in [1.807, 2.05) is 36.3 Å². The van der Waals surface area contributed by atoms with Crippen molar-refractivity contribution in [2.45, 2.75) is 0 Å². The van der Waals surface area contributed by atoms with Crippen molar-refractivity contribution >= 4 is 45.9 Å². The minimum Gasteiger partial charge on any atom is -0.494 e. The van der Waals surface area contributed by atoms with Crippen LogP contribution < -0.4 is 20.3 Å². The lowest BCUT2D eigenvalue weighted by Crippen LogP contribution is -2.34. The number of amides is 2. The number of para-hydroxylation sites is 1. The monoisotopic (exact) mass is 529 g/mol. The topological polar surface area (TPSA) is 125 Å². The number of hydrogen-bond donors (Lipinski definition) is 3. The van der Waals surface area contributed by atoms with Crippen molar-refractivity contribution in [3.8, 4) is 17.0 Å². The van der Waals surface area contributed by atoms with Crippen LogP contribution in [0, 0.1) is 0 Å². The first-order chi connectivity index (χ1) is 18.7. The lowest BCUT2D eigenvalue weighted by molar-refractivity contribution is -0.111. The predicted octanol–water partition coefficient (Wildman–Crippen LogP) is 4.56. The Morgan fingerprint density at radius 3 is 2.64 bits per heavy atom. The fourth-order valence-electron chi connectivity index (χ4n) is 4.19. The average Bonchev–Trinajstić information content (AvgIpc) is 3.28. The highest BCUT2D eigenvalue weighted by Gasteiger charge is 2.18. The van der Waals surface area contributed by atoms with Gasteiger partial charge < -0.3 is 34.8 Å². The molecule has 39 heavy (non-hydrogen) atoms. The molecule has 0 saturated heterocycles. The molecule has 11 nitrogen and oxygen atoms in total. The standard InChI is InChI=1S/C28H31N7O4/c1-6-26(36)30-21-15-22(25(39-5)16-24(21)33(2)13-14-34(3)28(37)38)32-27-29-12-11-20(31-27)19-17-35(4)23-10-8-7-9-18(19)23/h6-12,15-17H,1,13-14H2,2-5H3,(H,30,36)(H,37,38)(H,29,31,32). The lowest BCUT2D eigenvalue weighted by Gasteiger charge is -2.26. The highest BCUT2D eigenvalue weighted by atomic mass is 16.5. The van der Waals surface area contributed by atoms with E-state index in [1.165, 1.54) is 25.1 Å². The van der Waals surface area contributed by atoms with E-state index >= 15 is 0 Å². The van der Waals surface area contributed by atoms with E-state index in [0.717, 1.165) is 22.2 Å². The number of anilines is 4. The summed E-state index contributed by atoms with van der Waals surface area (Å²) < 4.78 is 7.71. The molecule has 2 aromatic heterocycles. The van der Waals surface area contributed by atoms with Gasteiger partial charge in [0, 0.05) is 69.2 Å². The number of rotatable bonds is 10. The van der Waals surface area contributed by atoms with Gasteiger partial charge >= 0.3 is 6.09 Å². The lowest BCUT2D eigenvalue weighted by atomic mass is 10.1. The predicted molar refractivity (Wildman–Crippen MR) is 153 cm³/mol. The first kappa shape index (κ1) is 27.0. The number of likely N-dealkylation sites (N-methyl/N-ethyl adjacent to an activating group) is 2. The van der Waals surface area contributed by atoms with Crippen molar-refractivity contribution in [1.82, 2.24) is 19.4 Å². The summed E-state index contributed by atoms with van der Waals surface area (Å²) in [6.07, 6.45) is 3.87. The Morgan fingerprint density at radius 2 is 1.92 bits per heavy atom. The Labute approximate surface area is 226 Å². The molecule has 0 saturated carbocycles. The molecule has 0 bridgehead atoms. The van der Waals surface area contributed by atoms with Gasteiger partial charge in [0.2, 0.25) is 11.9 Å².